The van der Waals surface area contributed by atoms with Crippen LogP contribution in [-0.2, 0) is 6.54 Å². The molecule has 0 radical (unpaired) electrons. The molecule has 0 saturated heterocycles. The fraction of sp³-hybridized carbons (Fsp3) is 0.867. The molecule has 0 amide bonds. The fourth-order valence-electron chi connectivity index (χ4n) is 2.67. The van der Waals surface area contributed by atoms with Crippen LogP contribution in [0.4, 0.5) is 5.82 Å². The van der Waals surface area contributed by atoms with Crippen molar-refractivity contribution in [3.05, 3.63) is 5.69 Å². The lowest BCUT2D eigenvalue weighted by Crippen LogP contribution is -2.05. The smallest absolute Gasteiger partial charge is 0.169 e. The second-order valence-corrected chi connectivity index (χ2v) is 5.83. The first kappa shape index (κ1) is 14.4. The SMILES string of the molecule is CCCCCCCCCCn1nnc(N)c1C1CC1. The standard InChI is InChI=1S/C15H28N4/c1-2-3-4-5-6-7-8-9-12-19-14(13-10-11-13)15(16)17-18-19/h13H,2-12,16H2,1H3. The van der Waals surface area contributed by atoms with E-state index in [9.17, 15) is 0 Å². The Morgan fingerprint density at radius 2 is 1.68 bits per heavy atom. The molecule has 0 bridgehead atoms. The van der Waals surface area contributed by atoms with Gasteiger partial charge in [0.1, 0.15) is 0 Å². The number of aryl methyl sites for hydroxylation is 1. The molecular weight excluding hydrogens is 236 g/mol. The summed E-state index contributed by atoms with van der Waals surface area (Å²) in [6, 6.07) is 0. The maximum atomic E-state index is 5.89. The summed E-state index contributed by atoms with van der Waals surface area (Å²) in [6.45, 7) is 3.26. The van der Waals surface area contributed by atoms with Crippen LogP contribution in [0.15, 0.2) is 0 Å². The summed E-state index contributed by atoms with van der Waals surface area (Å²) in [7, 11) is 0. The van der Waals surface area contributed by atoms with Crippen molar-refractivity contribution in [2.24, 2.45) is 0 Å². The molecule has 1 aromatic rings. The average Bonchev–Trinajstić information content (AvgIpc) is 3.17. The van der Waals surface area contributed by atoms with E-state index in [1.807, 2.05) is 4.68 Å². The number of aromatic nitrogens is 3. The number of rotatable bonds is 10. The molecule has 0 atom stereocenters. The van der Waals surface area contributed by atoms with E-state index in [-0.39, 0.29) is 0 Å². The van der Waals surface area contributed by atoms with Crippen LogP contribution in [0, 0.1) is 0 Å². The van der Waals surface area contributed by atoms with Crippen molar-refractivity contribution in [2.45, 2.75) is 83.6 Å². The molecule has 0 unspecified atom stereocenters. The molecule has 2 N–H and O–H groups in total. The highest BCUT2D eigenvalue weighted by molar-refractivity contribution is 5.38. The highest BCUT2D eigenvalue weighted by Crippen LogP contribution is 2.41. The monoisotopic (exact) mass is 264 g/mol. The largest absolute Gasteiger partial charge is 0.381 e. The Bertz CT molecular complexity index is 368. The predicted molar refractivity (Wildman–Crippen MR) is 79.0 cm³/mol. The number of hydrogen-bond donors (Lipinski definition) is 1. The summed E-state index contributed by atoms with van der Waals surface area (Å²) >= 11 is 0. The van der Waals surface area contributed by atoms with Crippen molar-refractivity contribution in [3.8, 4) is 0 Å². The van der Waals surface area contributed by atoms with E-state index in [0.717, 1.165) is 6.54 Å². The van der Waals surface area contributed by atoms with Crippen molar-refractivity contribution in [2.75, 3.05) is 5.73 Å². The third-order valence-corrected chi connectivity index (χ3v) is 3.99. The van der Waals surface area contributed by atoms with Crippen LogP contribution in [0.2, 0.25) is 0 Å². The third-order valence-electron chi connectivity index (χ3n) is 3.99. The molecule has 1 aliphatic rings. The van der Waals surface area contributed by atoms with Gasteiger partial charge >= 0.3 is 0 Å². The van der Waals surface area contributed by atoms with Crippen molar-refractivity contribution >= 4 is 5.82 Å². The van der Waals surface area contributed by atoms with Gasteiger partial charge in [-0.15, -0.1) is 5.10 Å². The van der Waals surface area contributed by atoms with Crippen LogP contribution >= 0.6 is 0 Å². The molecule has 19 heavy (non-hydrogen) atoms. The van der Waals surface area contributed by atoms with Crippen LogP contribution in [0.1, 0.15) is 82.7 Å². The first-order chi connectivity index (χ1) is 9.33. The minimum atomic E-state index is 0.643. The first-order valence-corrected chi connectivity index (χ1v) is 8.01. The van der Waals surface area contributed by atoms with Crippen LogP contribution in [0.3, 0.4) is 0 Å². The molecule has 0 aliphatic heterocycles. The maximum absolute atomic E-state index is 5.89. The van der Waals surface area contributed by atoms with Gasteiger partial charge in [0.2, 0.25) is 0 Å². The van der Waals surface area contributed by atoms with Gasteiger partial charge in [-0.2, -0.15) is 0 Å². The Kier molecular flexibility index (Phi) is 5.67. The molecule has 1 aromatic heterocycles. The zero-order chi connectivity index (χ0) is 13.5. The van der Waals surface area contributed by atoms with Crippen LogP contribution in [0.25, 0.3) is 0 Å². The second-order valence-electron chi connectivity index (χ2n) is 5.83. The lowest BCUT2D eigenvalue weighted by atomic mass is 10.1. The van der Waals surface area contributed by atoms with E-state index in [4.69, 9.17) is 5.73 Å². The molecule has 4 heteroatoms. The molecule has 108 valence electrons. The zero-order valence-electron chi connectivity index (χ0n) is 12.3. The summed E-state index contributed by atoms with van der Waals surface area (Å²) in [5.41, 5.74) is 7.08. The van der Waals surface area contributed by atoms with Gasteiger partial charge in [0.15, 0.2) is 5.82 Å². The van der Waals surface area contributed by atoms with E-state index in [2.05, 4.69) is 17.2 Å². The molecule has 4 nitrogen and oxygen atoms in total. The Morgan fingerprint density at radius 3 is 2.32 bits per heavy atom. The van der Waals surface area contributed by atoms with Crippen molar-refractivity contribution in [1.29, 1.82) is 0 Å². The van der Waals surface area contributed by atoms with E-state index < -0.39 is 0 Å². The normalized spacial score (nSPS) is 15.0. The zero-order valence-corrected chi connectivity index (χ0v) is 12.3. The van der Waals surface area contributed by atoms with Crippen molar-refractivity contribution in [1.82, 2.24) is 15.0 Å². The Hall–Kier alpha value is -1.06. The number of nitrogen functional groups attached to an aromatic ring is 1. The minimum absolute atomic E-state index is 0.643. The average molecular weight is 264 g/mol. The van der Waals surface area contributed by atoms with Crippen LogP contribution in [0.5, 0.6) is 0 Å². The summed E-state index contributed by atoms with van der Waals surface area (Å²) < 4.78 is 2.05. The van der Waals surface area contributed by atoms with Gasteiger partial charge in [-0.25, -0.2) is 4.68 Å². The highest BCUT2D eigenvalue weighted by atomic mass is 15.4. The van der Waals surface area contributed by atoms with Gasteiger partial charge in [0.05, 0.1) is 5.69 Å². The van der Waals surface area contributed by atoms with Crippen LogP contribution < -0.4 is 5.73 Å². The second kappa shape index (κ2) is 7.51. The van der Waals surface area contributed by atoms with Gasteiger partial charge in [0.25, 0.3) is 0 Å². The number of nitrogens with zero attached hydrogens (tertiary/aromatic N) is 3. The highest BCUT2D eigenvalue weighted by Gasteiger charge is 2.30. The quantitative estimate of drug-likeness (QED) is 0.652. The van der Waals surface area contributed by atoms with E-state index in [1.165, 1.54) is 69.9 Å². The predicted octanol–water partition coefficient (Wildman–Crippen LogP) is 3.88. The lowest BCUT2D eigenvalue weighted by molar-refractivity contribution is 0.499. The molecule has 1 aliphatic carbocycles. The van der Waals surface area contributed by atoms with Gasteiger partial charge in [-0.3, -0.25) is 0 Å². The summed E-state index contributed by atoms with van der Waals surface area (Å²) in [5.74, 6) is 1.30. The number of anilines is 1. The minimum Gasteiger partial charge on any atom is -0.381 e. The summed E-state index contributed by atoms with van der Waals surface area (Å²) in [5, 5.41) is 8.19. The maximum Gasteiger partial charge on any atom is 0.169 e. The summed E-state index contributed by atoms with van der Waals surface area (Å²) in [6.07, 6.45) is 13.3. The van der Waals surface area contributed by atoms with Gasteiger partial charge in [0, 0.05) is 12.5 Å². The molecule has 0 spiro atoms. The molecule has 1 fully saturated rings. The van der Waals surface area contributed by atoms with E-state index in [1.54, 1.807) is 0 Å². The topological polar surface area (TPSA) is 56.7 Å². The Balaban J connectivity index is 1.58. The van der Waals surface area contributed by atoms with Gasteiger partial charge in [-0.05, 0) is 19.3 Å². The Labute approximate surface area is 116 Å². The molecule has 2 rings (SSSR count). The number of unbranched alkanes of at least 4 members (excludes halogenated alkanes) is 7. The summed E-state index contributed by atoms with van der Waals surface area (Å²) in [4.78, 5) is 0. The molecular formula is C15H28N4. The van der Waals surface area contributed by atoms with Crippen LogP contribution in [-0.4, -0.2) is 15.0 Å². The Morgan fingerprint density at radius 1 is 1.05 bits per heavy atom. The number of hydrogen-bond acceptors (Lipinski definition) is 3. The molecule has 1 saturated carbocycles. The van der Waals surface area contributed by atoms with Crippen molar-refractivity contribution in [3.63, 3.8) is 0 Å². The number of nitrogens with two attached hydrogens (primary N) is 1. The fourth-order valence-corrected chi connectivity index (χ4v) is 2.67. The first-order valence-electron chi connectivity index (χ1n) is 8.01. The third kappa shape index (κ3) is 4.51. The lowest BCUT2D eigenvalue weighted by Gasteiger charge is -2.05. The van der Waals surface area contributed by atoms with Gasteiger partial charge in [-0.1, -0.05) is 57.1 Å². The van der Waals surface area contributed by atoms with E-state index >= 15 is 0 Å². The van der Waals surface area contributed by atoms with E-state index in [0.29, 0.717) is 11.7 Å². The van der Waals surface area contributed by atoms with Gasteiger partial charge < -0.3 is 5.73 Å². The van der Waals surface area contributed by atoms with Crippen molar-refractivity contribution < 1.29 is 0 Å². The molecule has 0 aromatic carbocycles. The molecule has 1 heterocycles.